The lowest BCUT2D eigenvalue weighted by molar-refractivity contribution is 1.07. The number of nitrogens with zero attached hydrogens (tertiary/aromatic N) is 2. The summed E-state index contributed by atoms with van der Waals surface area (Å²) in [6, 6.07) is 8.16. The zero-order valence-electron chi connectivity index (χ0n) is 9.99. The van der Waals surface area contributed by atoms with Gasteiger partial charge in [0, 0.05) is 21.7 Å². The van der Waals surface area contributed by atoms with Crippen LogP contribution in [0.2, 0.25) is 5.15 Å². The van der Waals surface area contributed by atoms with Crippen LogP contribution < -0.4 is 0 Å². The molecule has 2 rings (SSSR count). The van der Waals surface area contributed by atoms with E-state index < -0.39 is 0 Å². The van der Waals surface area contributed by atoms with E-state index in [1.54, 1.807) is 11.8 Å². The summed E-state index contributed by atoms with van der Waals surface area (Å²) in [6.07, 6.45) is 2.05. The van der Waals surface area contributed by atoms with Gasteiger partial charge in [0.2, 0.25) is 0 Å². The molecule has 0 saturated carbocycles. The predicted octanol–water partition coefficient (Wildman–Crippen LogP) is 4.14. The molecule has 88 valence electrons. The molecule has 0 spiro atoms. The van der Waals surface area contributed by atoms with E-state index in [2.05, 4.69) is 28.4 Å². The maximum atomic E-state index is 6.07. The fourth-order valence-corrected chi connectivity index (χ4v) is 2.09. The van der Waals surface area contributed by atoms with Crippen molar-refractivity contribution in [1.82, 2.24) is 9.97 Å². The molecule has 0 aliphatic rings. The quantitative estimate of drug-likeness (QED) is 0.602. The van der Waals surface area contributed by atoms with E-state index in [1.807, 2.05) is 26.0 Å². The van der Waals surface area contributed by atoms with Crippen LogP contribution >= 0.6 is 23.4 Å². The van der Waals surface area contributed by atoms with Gasteiger partial charge in [-0.2, -0.15) is 0 Å². The van der Waals surface area contributed by atoms with Gasteiger partial charge in [-0.1, -0.05) is 23.7 Å². The lowest BCUT2D eigenvalue weighted by Gasteiger charge is -2.06. The Bertz CT molecular complexity index is 515. The zero-order chi connectivity index (χ0) is 12.4. The molecule has 0 saturated heterocycles. The number of halogens is 1. The van der Waals surface area contributed by atoms with Crippen molar-refractivity contribution >= 4 is 23.4 Å². The van der Waals surface area contributed by atoms with Crippen LogP contribution in [0.5, 0.6) is 0 Å². The molecular formula is C13H13ClN2S. The summed E-state index contributed by atoms with van der Waals surface area (Å²) in [4.78, 5) is 9.99. The van der Waals surface area contributed by atoms with Crippen molar-refractivity contribution in [2.24, 2.45) is 0 Å². The number of benzene rings is 1. The third-order valence-corrected chi connectivity index (χ3v) is 3.79. The van der Waals surface area contributed by atoms with Crippen LogP contribution in [-0.2, 0) is 0 Å². The molecule has 0 fully saturated rings. The molecule has 4 heteroatoms. The molecule has 0 N–H and O–H groups in total. The molecule has 0 unspecified atom stereocenters. The minimum atomic E-state index is 0.529. The van der Waals surface area contributed by atoms with Crippen LogP contribution in [0.4, 0.5) is 0 Å². The molecule has 0 atom stereocenters. The number of hydrogen-bond acceptors (Lipinski definition) is 3. The van der Waals surface area contributed by atoms with Crippen molar-refractivity contribution in [3.8, 4) is 11.4 Å². The second-order valence-electron chi connectivity index (χ2n) is 3.78. The Balaban J connectivity index is 2.45. The van der Waals surface area contributed by atoms with Crippen LogP contribution in [0.3, 0.4) is 0 Å². The van der Waals surface area contributed by atoms with Crippen LogP contribution in [0.25, 0.3) is 11.4 Å². The molecule has 0 amide bonds. The third kappa shape index (κ3) is 2.61. The number of hydrogen-bond donors (Lipinski definition) is 0. The number of thioether (sulfide) groups is 1. The van der Waals surface area contributed by atoms with Gasteiger partial charge in [-0.15, -0.1) is 11.8 Å². The van der Waals surface area contributed by atoms with E-state index >= 15 is 0 Å². The van der Waals surface area contributed by atoms with Gasteiger partial charge in [-0.25, -0.2) is 9.97 Å². The van der Waals surface area contributed by atoms with Crippen molar-refractivity contribution in [3.63, 3.8) is 0 Å². The number of rotatable bonds is 2. The highest BCUT2D eigenvalue weighted by Gasteiger charge is 2.07. The van der Waals surface area contributed by atoms with Gasteiger partial charge in [-0.3, -0.25) is 0 Å². The predicted molar refractivity (Wildman–Crippen MR) is 73.7 cm³/mol. The molecule has 1 heterocycles. The number of aryl methyl sites for hydroxylation is 1. The summed E-state index contributed by atoms with van der Waals surface area (Å²) in [5, 5.41) is 0.529. The second-order valence-corrected chi connectivity index (χ2v) is 5.01. The van der Waals surface area contributed by atoms with E-state index in [0.717, 1.165) is 16.8 Å². The first-order chi connectivity index (χ1) is 8.11. The number of aromatic nitrogens is 2. The minimum Gasteiger partial charge on any atom is -0.233 e. The van der Waals surface area contributed by atoms with Crippen LogP contribution in [0.1, 0.15) is 11.3 Å². The highest BCUT2D eigenvalue weighted by molar-refractivity contribution is 7.98. The standard InChI is InChI=1S/C13H13ClN2S/c1-8-9(2)15-13(16-12(8)14)10-4-6-11(17-3)7-5-10/h4-7H,1-3H3. The van der Waals surface area contributed by atoms with E-state index in [-0.39, 0.29) is 0 Å². The lowest BCUT2D eigenvalue weighted by Crippen LogP contribution is -1.96. The van der Waals surface area contributed by atoms with E-state index in [4.69, 9.17) is 11.6 Å². The average Bonchev–Trinajstić information content (AvgIpc) is 2.35. The van der Waals surface area contributed by atoms with Gasteiger partial charge < -0.3 is 0 Å². The Hall–Kier alpha value is -1.06. The van der Waals surface area contributed by atoms with Crippen molar-refractivity contribution in [1.29, 1.82) is 0 Å². The highest BCUT2D eigenvalue weighted by Crippen LogP contribution is 2.23. The van der Waals surface area contributed by atoms with Crippen molar-refractivity contribution in [2.75, 3.05) is 6.26 Å². The average molecular weight is 265 g/mol. The Morgan fingerprint density at radius 1 is 1.06 bits per heavy atom. The Kier molecular flexibility index (Phi) is 3.69. The first-order valence-electron chi connectivity index (χ1n) is 5.27. The maximum Gasteiger partial charge on any atom is 0.161 e. The summed E-state index contributed by atoms with van der Waals surface area (Å²) >= 11 is 7.79. The molecule has 1 aromatic heterocycles. The van der Waals surface area contributed by atoms with Crippen LogP contribution in [0.15, 0.2) is 29.2 Å². The van der Waals surface area contributed by atoms with Gasteiger partial charge in [0.1, 0.15) is 5.15 Å². The first-order valence-corrected chi connectivity index (χ1v) is 6.87. The van der Waals surface area contributed by atoms with Gasteiger partial charge in [0.05, 0.1) is 0 Å². The Morgan fingerprint density at radius 2 is 1.71 bits per heavy atom. The summed E-state index contributed by atoms with van der Waals surface area (Å²) in [5.41, 5.74) is 2.86. The summed E-state index contributed by atoms with van der Waals surface area (Å²) in [5.74, 6) is 0.686. The molecule has 0 bridgehead atoms. The van der Waals surface area contributed by atoms with Crippen molar-refractivity contribution in [3.05, 3.63) is 40.7 Å². The lowest BCUT2D eigenvalue weighted by atomic mass is 10.2. The highest BCUT2D eigenvalue weighted by atomic mass is 35.5. The van der Waals surface area contributed by atoms with E-state index in [9.17, 15) is 0 Å². The molecule has 17 heavy (non-hydrogen) atoms. The smallest absolute Gasteiger partial charge is 0.161 e. The summed E-state index contributed by atoms with van der Waals surface area (Å²) in [7, 11) is 0. The fraction of sp³-hybridized carbons (Fsp3) is 0.231. The molecule has 2 aromatic rings. The largest absolute Gasteiger partial charge is 0.233 e. The van der Waals surface area contributed by atoms with Gasteiger partial charge >= 0.3 is 0 Å². The minimum absolute atomic E-state index is 0.529. The zero-order valence-corrected chi connectivity index (χ0v) is 11.6. The summed E-state index contributed by atoms with van der Waals surface area (Å²) in [6.45, 7) is 3.88. The van der Waals surface area contributed by atoms with E-state index in [1.165, 1.54) is 4.90 Å². The Morgan fingerprint density at radius 3 is 2.24 bits per heavy atom. The normalized spacial score (nSPS) is 10.6. The van der Waals surface area contributed by atoms with Crippen LogP contribution in [0, 0.1) is 13.8 Å². The van der Waals surface area contributed by atoms with Gasteiger partial charge in [0.15, 0.2) is 5.82 Å². The van der Waals surface area contributed by atoms with Gasteiger partial charge in [-0.05, 0) is 32.2 Å². The van der Waals surface area contributed by atoms with Crippen LogP contribution in [-0.4, -0.2) is 16.2 Å². The topological polar surface area (TPSA) is 25.8 Å². The fourth-order valence-electron chi connectivity index (χ4n) is 1.46. The molecule has 0 aliphatic heterocycles. The summed E-state index contributed by atoms with van der Waals surface area (Å²) < 4.78 is 0. The first kappa shape index (κ1) is 12.4. The second kappa shape index (κ2) is 5.07. The molecule has 2 nitrogen and oxygen atoms in total. The monoisotopic (exact) mass is 264 g/mol. The molecular weight excluding hydrogens is 252 g/mol. The van der Waals surface area contributed by atoms with E-state index in [0.29, 0.717) is 11.0 Å². The maximum absolute atomic E-state index is 6.07. The van der Waals surface area contributed by atoms with Gasteiger partial charge in [0.25, 0.3) is 0 Å². The molecule has 1 aromatic carbocycles. The molecule has 0 radical (unpaired) electrons. The van der Waals surface area contributed by atoms with Crippen molar-refractivity contribution < 1.29 is 0 Å². The van der Waals surface area contributed by atoms with Crippen molar-refractivity contribution in [2.45, 2.75) is 18.7 Å². The molecule has 0 aliphatic carbocycles. The SMILES string of the molecule is CSc1ccc(-c2nc(C)c(C)c(Cl)n2)cc1. The third-order valence-electron chi connectivity index (χ3n) is 2.68. The Labute approximate surface area is 110 Å².